The molecule has 0 N–H and O–H groups in total. The summed E-state index contributed by atoms with van der Waals surface area (Å²) in [4.78, 5) is 4.94. The van der Waals surface area contributed by atoms with E-state index in [4.69, 9.17) is 0 Å². The van der Waals surface area contributed by atoms with Gasteiger partial charge in [0.25, 0.3) is 0 Å². The maximum Gasteiger partial charge on any atom is 0.0709 e. The fourth-order valence-corrected chi connectivity index (χ4v) is 6.35. The van der Waals surface area contributed by atoms with Gasteiger partial charge in [-0.05, 0) is 107 Å². The van der Waals surface area contributed by atoms with E-state index in [1.807, 2.05) is 0 Å². The fourth-order valence-electron chi connectivity index (χ4n) is 6.35. The van der Waals surface area contributed by atoms with Crippen molar-refractivity contribution in [1.82, 2.24) is 0 Å². The van der Waals surface area contributed by atoms with E-state index < -0.39 is 0 Å². The number of rotatable bonds is 8. The lowest BCUT2D eigenvalue weighted by Gasteiger charge is -2.41. The summed E-state index contributed by atoms with van der Waals surface area (Å²) in [6.07, 6.45) is 7.12. The van der Waals surface area contributed by atoms with Gasteiger partial charge < -0.3 is 9.80 Å². The molecule has 0 atom stereocenters. The van der Waals surface area contributed by atoms with Crippen LogP contribution in [0.2, 0.25) is 0 Å². The summed E-state index contributed by atoms with van der Waals surface area (Å²) in [5.74, 6) is 0. The predicted octanol–water partition coefficient (Wildman–Crippen LogP) is 11.9. The Balaban J connectivity index is 1.46. The summed E-state index contributed by atoms with van der Waals surface area (Å²) >= 11 is 0. The van der Waals surface area contributed by atoms with Crippen LogP contribution < -0.4 is 9.80 Å². The normalized spacial score (nSPS) is 12.5. The Morgan fingerprint density at radius 1 is 0.405 bits per heavy atom. The number of nitrogens with zero attached hydrogens (tertiary/aromatic N) is 2. The molecule has 6 aromatic rings. The van der Waals surface area contributed by atoms with Gasteiger partial charge in [-0.3, -0.25) is 0 Å². The van der Waals surface area contributed by atoms with Crippen molar-refractivity contribution in [1.29, 1.82) is 0 Å². The van der Waals surface area contributed by atoms with Gasteiger partial charge >= 0.3 is 0 Å². The number of anilines is 6. The summed E-state index contributed by atoms with van der Waals surface area (Å²) in [7, 11) is 0. The van der Waals surface area contributed by atoms with Crippen LogP contribution >= 0.6 is 0 Å². The lowest BCUT2D eigenvalue weighted by molar-refractivity contribution is 0.795. The van der Waals surface area contributed by atoms with Crippen LogP contribution in [0.3, 0.4) is 0 Å². The van der Waals surface area contributed by atoms with Gasteiger partial charge in [-0.2, -0.15) is 0 Å². The van der Waals surface area contributed by atoms with E-state index in [0.29, 0.717) is 0 Å². The van der Waals surface area contributed by atoms with Gasteiger partial charge in [-0.1, -0.05) is 99.5 Å². The Morgan fingerprint density at radius 3 is 1.00 bits per heavy atom. The standard InChI is InChI=1S/C40H38N2/c1-3-5-11-29-17-21-35(22-18-29)41-37-25-31-13-7-9-15-33(31)27-39(37)42(36-23-19-30(20-24-36)12-6-4-2)40-28-34-16-10-8-14-32(34)26-38(40)41/h7-10,13-28H,3-6,11-12H2,1-2H3. The second kappa shape index (κ2) is 11.4. The Bertz CT molecular complexity index is 1630. The molecule has 1 heterocycles. The summed E-state index contributed by atoms with van der Waals surface area (Å²) in [6, 6.07) is 45.4. The third-order valence-electron chi connectivity index (χ3n) is 8.68. The maximum atomic E-state index is 2.47. The lowest BCUT2D eigenvalue weighted by atomic mass is 9.98. The zero-order valence-corrected chi connectivity index (χ0v) is 24.7. The number of unbranched alkanes of at least 4 members (excludes halogenated alkanes) is 2. The van der Waals surface area contributed by atoms with Crippen LogP contribution in [-0.4, -0.2) is 0 Å². The van der Waals surface area contributed by atoms with Crippen molar-refractivity contribution in [2.75, 3.05) is 9.80 Å². The quantitative estimate of drug-likeness (QED) is 0.187. The van der Waals surface area contributed by atoms with Gasteiger partial charge in [0.2, 0.25) is 0 Å². The zero-order valence-electron chi connectivity index (χ0n) is 24.7. The van der Waals surface area contributed by atoms with Gasteiger partial charge in [0, 0.05) is 11.4 Å². The largest absolute Gasteiger partial charge is 0.306 e. The molecule has 0 spiro atoms. The first-order valence-corrected chi connectivity index (χ1v) is 15.6. The van der Waals surface area contributed by atoms with Crippen LogP contribution in [0.25, 0.3) is 21.5 Å². The molecule has 208 valence electrons. The number of hydrogen-bond acceptors (Lipinski definition) is 2. The molecule has 2 heteroatoms. The van der Waals surface area contributed by atoms with Crippen molar-refractivity contribution in [3.8, 4) is 0 Å². The highest BCUT2D eigenvalue weighted by molar-refractivity contribution is 6.09. The Morgan fingerprint density at radius 2 is 0.714 bits per heavy atom. The number of fused-ring (bicyclic) bond motifs is 4. The van der Waals surface area contributed by atoms with Crippen LogP contribution in [0, 0.1) is 0 Å². The molecule has 42 heavy (non-hydrogen) atoms. The van der Waals surface area contributed by atoms with Crippen molar-refractivity contribution in [3.63, 3.8) is 0 Å². The molecule has 6 aromatic carbocycles. The molecule has 0 unspecified atom stereocenters. The first-order chi connectivity index (χ1) is 20.7. The number of aryl methyl sites for hydroxylation is 2. The topological polar surface area (TPSA) is 6.48 Å². The van der Waals surface area contributed by atoms with E-state index in [-0.39, 0.29) is 0 Å². The molecule has 0 amide bonds. The molecule has 0 saturated heterocycles. The molecule has 7 rings (SSSR count). The highest BCUT2D eigenvalue weighted by atomic mass is 15.3. The summed E-state index contributed by atoms with van der Waals surface area (Å²) in [6.45, 7) is 4.52. The van der Waals surface area contributed by atoms with Crippen LogP contribution in [0.15, 0.2) is 121 Å². The van der Waals surface area contributed by atoms with Gasteiger partial charge in [-0.15, -0.1) is 0 Å². The Hall–Kier alpha value is -4.56. The third-order valence-corrected chi connectivity index (χ3v) is 8.68. The van der Waals surface area contributed by atoms with Gasteiger partial charge in [0.05, 0.1) is 22.7 Å². The molecule has 0 aliphatic carbocycles. The summed E-state index contributed by atoms with van der Waals surface area (Å²) in [5.41, 5.74) is 10.00. The summed E-state index contributed by atoms with van der Waals surface area (Å²) < 4.78 is 0. The molecule has 0 fully saturated rings. The molecule has 2 nitrogen and oxygen atoms in total. The van der Waals surface area contributed by atoms with Crippen LogP contribution in [0.1, 0.15) is 50.7 Å². The molecular weight excluding hydrogens is 508 g/mol. The first kappa shape index (κ1) is 26.3. The Labute approximate surface area is 249 Å². The van der Waals surface area contributed by atoms with E-state index in [2.05, 4.69) is 145 Å². The lowest BCUT2D eigenvalue weighted by Crippen LogP contribution is -2.24. The SMILES string of the molecule is CCCCc1ccc(N2c3cc4ccccc4cc3N(c3ccc(CCCC)cc3)c3cc4ccccc4cc32)cc1. The van der Waals surface area contributed by atoms with E-state index in [1.54, 1.807) is 0 Å². The average molecular weight is 547 g/mol. The molecule has 0 radical (unpaired) electrons. The van der Waals surface area contributed by atoms with E-state index in [0.717, 1.165) is 12.8 Å². The maximum absolute atomic E-state index is 2.47. The minimum Gasteiger partial charge on any atom is -0.306 e. The van der Waals surface area contributed by atoms with Crippen LogP contribution in [-0.2, 0) is 12.8 Å². The molecular formula is C40H38N2. The minimum absolute atomic E-state index is 1.13. The van der Waals surface area contributed by atoms with Crippen molar-refractivity contribution in [2.24, 2.45) is 0 Å². The van der Waals surface area contributed by atoms with Gasteiger partial charge in [0.1, 0.15) is 0 Å². The smallest absolute Gasteiger partial charge is 0.0709 e. The van der Waals surface area contributed by atoms with Crippen molar-refractivity contribution in [3.05, 3.63) is 132 Å². The molecule has 0 saturated carbocycles. The van der Waals surface area contributed by atoms with Crippen molar-refractivity contribution in [2.45, 2.75) is 52.4 Å². The minimum atomic E-state index is 1.13. The second-order valence-corrected chi connectivity index (χ2v) is 11.6. The highest BCUT2D eigenvalue weighted by Crippen LogP contribution is 2.56. The van der Waals surface area contributed by atoms with E-state index in [1.165, 1.54) is 92.5 Å². The second-order valence-electron chi connectivity index (χ2n) is 11.6. The van der Waals surface area contributed by atoms with Gasteiger partial charge in [0.15, 0.2) is 0 Å². The highest BCUT2D eigenvalue weighted by Gasteiger charge is 2.31. The molecule has 1 aliphatic rings. The Kier molecular flexibility index (Phi) is 7.13. The molecule has 1 aliphatic heterocycles. The van der Waals surface area contributed by atoms with Crippen molar-refractivity contribution < 1.29 is 0 Å². The number of benzene rings is 6. The molecule has 0 bridgehead atoms. The van der Waals surface area contributed by atoms with Gasteiger partial charge in [-0.25, -0.2) is 0 Å². The third kappa shape index (κ3) is 4.81. The van der Waals surface area contributed by atoms with Crippen LogP contribution in [0.5, 0.6) is 0 Å². The first-order valence-electron chi connectivity index (χ1n) is 15.6. The molecule has 0 aromatic heterocycles. The zero-order chi connectivity index (χ0) is 28.5. The summed E-state index contributed by atoms with van der Waals surface area (Å²) in [5, 5.41) is 5.00. The van der Waals surface area contributed by atoms with E-state index in [9.17, 15) is 0 Å². The van der Waals surface area contributed by atoms with Crippen molar-refractivity contribution >= 4 is 55.7 Å². The fraction of sp³-hybridized carbons (Fsp3) is 0.200. The van der Waals surface area contributed by atoms with Crippen LogP contribution in [0.4, 0.5) is 34.1 Å². The average Bonchev–Trinajstić information content (AvgIpc) is 3.04. The van der Waals surface area contributed by atoms with E-state index >= 15 is 0 Å². The predicted molar refractivity (Wildman–Crippen MR) is 182 cm³/mol. The number of hydrogen-bond donors (Lipinski definition) is 0. The monoisotopic (exact) mass is 546 g/mol.